The molecule has 0 radical (unpaired) electrons. The normalized spacial score (nSPS) is 15.3. The molecule has 1 aromatic heterocycles. The first-order valence-electron chi connectivity index (χ1n) is 11.3. The molecule has 4 rings (SSSR count). The van der Waals surface area contributed by atoms with Crippen molar-refractivity contribution in [2.45, 2.75) is 33.8 Å². The molecule has 0 bridgehead atoms. The number of aromatic nitrogens is 1. The second kappa shape index (κ2) is 9.89. The molecule has 2 heterocycles. The molecular formula is C27H27N3O5. The van der Waals surface area contributed by atoms with Crippen LogP contribution in [0.2, 0.25) is 0 Å². The lowest BCUT2D eigenvalue weighted by Gasteiger charge is -2.15. The lowest BCUT2D eigenvalue weighted by Crippen LogP contribution is -2.35. The Morgan fingerprint density at radius 1 is 1.03 bits per heavy atom. The van der Waals surface area contributed by atoms with Crippen molar-refractivity contribution in [3.8, 4) is 11.4 Å². The van der Waals surface area contributed by atoms with Crippen LogP contribution in [0.3, 0.4) is 0 Å². The van der Waals surface area contributed by atoms with Crippen LogP contribution >= 0.6 is 0 Å². The number of carbonyl (C=O) groups excluding carboxylic acids is 3. The maximum Gasteiger partial charge on any atom is 0.347 e. The van der Waals surface area contributed by atoms with E-state index in [2.05, 4.69) is 5.43 Å². The summed E-state index contributed by atoms with van der Waals surface area (Å²) in [6, 6.07) is 18.2. The van der Waals surface area contributed by atoms with Crippen molar-refractivity contribution in [1.82, 2.24) is 9.99 Å². The van der Waals surface area contributed by atoms with Gasteiger partial charge in [-0.3, -0.25) is 15.0 Å². The first-order chi connectivity index (χ1) is 16.8. The molecule has 8 nitrogen and oxygen atoms in total. The smallest absolute Gasteiger partial charge is 0.347 e. The number of para-hydroxylation sites is 1. The van der Waals surface area contributed by atoms with Gasteiger partial charge >= 0.3 is 5.97 Å². The Bertz CT molecular complexity index is 1290. The van der Waals surface area contributed by atoms with E-state index in [-0.39, 0.29) is 5.57 Å². The lowest BCUT2D eigenvalue weighted by molar-refractivity contribution is -0.150. The van der Waals surface area contributed by atoms with Crippen LogP contribution in [0.25, 0.3) is 11.8 Å². The predicted octanol–water partition coefficient (Wildman–Crippen LogP) is 3.89. The molecule has 180 valence electrons. The maximum absolute atomic E-state index is 12.9. The van der Waals surface area contributed by atoms with Gasteiger partial charge < -0.3 is 14.0 Å². The van der Waals surface area contributed by atoms with Crippen LogP contribution < -0.4 is 15.2 Å². The van der Waals surface area contributed by atoms with E-state index in [4.69, 9.17) is 9.47 Å². The van der Waals surface area contributed by atoms with Crippen LogP contribution in [-0.2, 0) is 19.1 Å². The molecule has 8 heteroatoms. The van der Waals surface area contributed by atoms with E-state index in [9.17, 15) is 14.4 Å². The zero-order chi connectivity index (χ0) is 25.1. The number of nitrogens with one attached hydrogen (secondary N) is 1. The Morgan fingerprint density at radius 2 is 1.71 bits per heavy atom. The SMILES string of the molecule is CCOC(=O)C(C)Oc1ccc(-n2c(C)cc(C=C3C(=O)NN(c4ccccc4)C3=O)c2C)cc1. The molecule has 35 heavy (non-hydrogen) atoms. The quantitative estimate of drug-likeness (QED) is 0.320. The average molecular weight is 474 g/mol. The number of anilines is 1. The topological polar surface area (TPSA) is 89.9 Å². The van der Waals surface area contributed by atoms with Crippen LogP contribution in [-0.4, -0.2) is 35.1 Å². The van der Waals surface area contributed by atoms with Gasteiger partial charge in [0.15, 0.2) is 6.10 Å². The number of aryl methyl sites for hydroxylation is 1. The van der Waals surface area contributed by atoms with E-state index >= 15 is 0 Å². The van der Waals surface area contributed by atoms with Crippen molar-refractivity contribution in [2.24, 2.45) is 0 Å². The van der Waals surface area contributed by atoms with Crippen molar-refractivity contribution in [3.63, 3.8) is 0 Å². The molecule has 1 fully saturated rings. The van der Waals surface area contributed by atoms with E-state index in [1.165, 1.54) is 5.01 Å². The van der Waals surface area contributed by atoms with Crippen molar-refractivity contribution in [3.05, 3.63) is 83.2 Å². The summed E-state index contributed by atoms with van der Waals surface area (Å²) in [5.74, 6) is -0.708. The highest BCUT2D eigenvalue weighted by Gasteiger charge is 2.34. The third-order valence-corrected chi connectivity index (χ3v) is 5.70. The van der Waals surface area contributed by atoms with E-state index < -0.39 is 23.9 Å². The number of hydrogen-bond donors (Lipinski definition) is 1. The Kier molecular flexibility index (Phi) is 6.73. The molecule has 0 aliphatic carbocycles. The Morgan fingerprint density at radius 3 is 2.37 bits per heavy atom. The van der Waals surface area contributed by atoms with Crippen LogP contribution in [0.1, 0.15) is 30.8 Å². The number of hydrogen-bond acceptors (Lipinski definition) is 5. The summed E-state index contributed by atoms with van der Waals surface area (Å²) < 4.78 is 12.7. The number of rotatable bonds is 7. The van der Waals surface area contributed by atoms with Gasteiger partial charge in [-0.15, -0.1) is 0 Å². The van der Waals surface area contributed by atoms with Gasteiger partial charge in [-0.05, 0) is 81.8 Å². The lowest BCUT2D eigenvalue weighted by atomic mass is 10.1. The van der Waals surface area contributed by atoms with Crippen molar-refractivity contribution >= 4 is 29.5 Å². The number of hydrazine groups is 1. The number of benzene rings is 2. The summed E-state index contributed by atoms with van der Waals surface area (Å²) in [5, 5.41) is 1.25. The molecule has 0 spiro atoms. The highest BCUT2D eigenvalue weighted by Crippen LogP contribution is 2.27. The zero-order valence-electron chi connectivity index (χ0n) is 20.1. The number of amides is 2. The minimum absolute atomic E-state index is 0.0748. The molecule has 3 aromatic rings. The van der Waals surface area contributed by atoms with E-state index in [1.54, 1.807) is 56.3 Å². The van der Waals surface area contributed by atoms with Crippen LogP contribution in [0.4, 0.5) is 5.69 Å². The molecule has 2 amide bonds. The molecule has 1 aliphatic heterocycles. The molecule has 1 aliphatic rings. The second-order valence-electron chi connectivity index (χ2n) is 8.14. The fourth-order valence-corrected chi connectivity index (χ4v) is 3.99. The minimum Gasteiger partial charge on any atom is -0.479 e. The van der Waals surface area contributed by atoms with Gasteiger partial charge in [0.1, 0.15) is 11.3 Å². The van der Waals surface area contributed by atoms with Crippen molar-refractivity contribution < 1.29 is 23.9 Å². The molecule has 1 saturated heterocycles. The molecule has 0 saturated carbocycles. The monoisotopic (exact) mass is 473 g/mol. The number of ether oxygens (including phenoxy) is 2. The van der Waals surface area contributed by atoms with Crippen molar-refractivity contribution in [1.29, 1.82) is 0 Å². The minimum atomic E-state index is -0.709. The van der Waals surface area contributed by atoms with Gasteiger partial charge in [0, 0.05) is 17.1 Å². The molecule has 2 aromatic carbocycles. The van der Waals surface area contributed by atoms with E-state index in [0.29, 0.717) is 18.0 Å². The second-order valence-corrected chi connectivity index (χ2v) is 8.14. The summed E-state index contributed by atoms with van der Waals surface area (Å²) in [6.07, 6.45) is 0.914. The summed E-state index contributed by atoms with van der Waals surface area (Å²) in [7, 11) is 0. The highest BCUT2D eigenvalue weighted by atomic mass is 16.6. The third kappa shape index (κ3) is 4.82. The Labute approximate surface area is 203 Å². The summed E-state index contributed by atoms with van der Waals surface area (Å²) in [5.41, 5.74) is 6.76. The summed E-state index contributed by atoms with van der Waals surface area (Å²) in [6.45, 7) is 7.58. The largest absolute Gasteiger partial charge is 0.479 e. The predicted molar refractivity (Wildman–Crippen MR) is 132 cm³/mol. The molecule has 1 unspecified atom stereocenters. The first kappa shape index (κ1) is 23.8. The van der Waals surface area contributed by atoms with Crippen LogP contribution in [0.5, 0.6) is 5.75 Å². The third-order valence-electron chi connectivity index (χ3n) is 5.70. The van der Waals surface area contributed by atoms with Gasteiger partial charge in [-0.1, -0.05) is 18.2 Å². The Hall–Kier alpha value is -4.33. The van der Waals surface area contributed by atoms with Gasteiger partial charge in [-0.25, -0.2) is 9.80 Å². The number of nitrogens with zero attached hydrogens (tertiary/aromatic N) is 2. The maximum atomic E-state index is 12.9. The summed E-state index contributed by atoms with van der Waals surface area (Å²) >= 11 is 0. The Balaban J connectivity index is 1.57. The fourth-order valence-electron chi connectivity index (χ4n) is 3.99. The number of carbonyl (C=O) groups is 3. The first-order valence-corrected chi connectivity index (χ1v) is 11.3. The van der Waals surface area contributed by atoms with Gasteiger partial charge in [0.2, 0.25) is 0 Å². The average Bonchev–Trinajstić information content (AvgIpc) is 3.29. The molecule has 1 N–H and O–H groups in total. The standard InChI is InChI=1S/C27H27N3O5/c1-5-34-27(33)19(4)35-23-13-11-21(12-14-23)29-17(2)15-20(18(29)3)16-24-25(31)28-30(26(24)32)22-9-7-6-8-10-22/h6-16,19H,5H2,1-4H3,(H,28,31). The van der Waals surface area contributed by atoms with E-state index in [1.807, 2.05) is 42.7 Å². The van der Waals surface area contributed by atoms with Gasteiger partial charge in [0.25, 0.3) is 11.8 Å². The van der Waals surface area contributed by atoms with Crippen molar-refractivity contribution in [2.75, 3.05) is 11.6 Å². The van der Waals surface area contributed by atoms with Gasteiger partial charge in [-0.2, -0.15) is 0 Å². The van der Waals surface area contributed by atoms with Crippen LogP contribution in [0, 0.1) is 13.8 Å². The van der Waals surface area contributed by atoms with Gasteiger partial charge in [0.05, 0.1) is 12.3 Å². The van der Waals surface area contributed by atoms with E-state index in [0.717, 1.165) is 22.6 Å². The highest BCUT2D eigenvalue weighted by molar-refractivity contribution is 6.31. The molecular weight excluding hydrogens is 446 g/mol. The fraction of sp³-hybridized carbons (Fsp3) is 0.222. The van der Waals surface area contributed by atoms with Crippen LogP contribution in [0.15, 0.2) is 66.2 Å². The number of esters is 1. The molecule has 1 atom stereocenters. The zero-order valence-corrected chi connectivity index (χ0v) is 20.1. The summed E-state index contributed by atoms with van der Waals surface area (Å²) in [4.78, 5) is 37.3.